The van der Waals surface area contributed by atoms with E-state index in [2.05, 4.69) is 27.9 Å². The number of imidazole rings is 1. The SMILES string of the molecule is CCCn1ccnc1CC(NC)c1cccc(Cl)c1. The zero-order valence-electron chi connectivity index (χ0n) is 11.4. The van der Waals surface area contributed by atoms with Gasteiger partial charge in [-0.1, -0.05) is 30.7 Å². The first kappa shape index (κ1) is 14.1. The van der Waals surface area contributed by atoms with Crippen molar-refractivity contribution >= 4 is 11.6 Å². The first-order valence-electron chi connectivity index (χ1n) is 6.67. The summed E-state index contributed by atoms with van der Waals surface area (Å²) in [7, 11) is 1.97. The fourth-order valence-corrected chi connectivity index (χ4v) is 2.47. The van der Waals surface area contributed by atoms with E-state index >= 15 is 0 Å². The Hall–Kier alpha value is -1.32. The van der Waals surface area contributed by atoms with E-state index in [4.69, 9.17) is 11.6 Å². The second-order valence-electron chi connectivity index (χ2n) is 4.64. The van der Waals surface area contributed by atoms with E-state index in [1.807, 2.05) is 37.6 Å². The maximum atomic E-state index is 6.06. The van der Waals surface area contributed by atoms with E-state index in [9.17, 15) is 0 Å². The van der Waals surface area contributed by atoms with Crippen LogP contribution in [0, 0.1) is 0 Å². The van der Waals surface area contributed by atoms with Gasteiger partial charge in [-0.3, -0.25) is 0 Å². The molecule has 1 unspecified atom stereocenters. The molecular formula is C15H20ClN3. The van der Waals surface area contributed by atoms with E-state index < -0.39 is 0 Å². The molecule has 0 aliphatic heterocycles. The van der Waals surface area contributed by atoms with Gasteiger partial charge in [0.2, 0.25) is 0 Å². The monoisotopic (exact) mass is 277 g/mol. The minimum Gasteiger partial charge on any atom is -0.335 e. The first-order chi connectivity index (χ1) is 9.24. The molecule has 1 heterocycles. The average Bonchev–Trinajstić information content (AvgIpc) is 2.84. The van der Waals surface area contributed by atoms with Crippen molar-refractivity contribution in [3.63, 3.8) is 0 Å². The zero-order chi connectivity index (χ0) is 13.7. The number of nitrogens with zero attached hydrogens (tertiary/aromatic N) is 2. The number of benzene rings is 1. The molecule has 4 heteroatoms. The molecule has 0 saturated carbocycles. The third-order valence-corrected chi connectivity index (χ3v) is 3.49. The van der Waals surface area contributed by atoms with Gasteiger partial charge >= 0.3 is 0 Å². The van der Waals surface area contributed by atoms with Crippen LogP contribution in [0.3, 0.4) is 0 Å². The molecule has 0 radical (unpaired) electrons. The lowest BCUT2D eigenvalue weighted by atomic mass is 10.0. The van der Waals surface area contributed by atoms with Crippen LogP contribution in [0.5, 0.6) is 0 Å². The van der Waals surface area contributed by atoms with Crippen molar-refractivity contribution in [2.75, 3.05) is 7.05 Å². The molecule has 0 saturated heterocycles. The molecular weight excluding hydrogens is 258 g/mol. The van der Waals surface area contributed by atoms with Gasteiger partial charge in [0.05, 0.1) is 0 Å². The van der Waals surface area contributed by atoms with E-state index in [0.717, 1.165) is 30.2 Å². The molecule has 2 aromatic rings. The van der Waals surface area contributed by atoms with Gasteiger partial charge in [0.15, 0.2) is 0 Å². The maximum Gasteiger partial charge on any atom is 0.110 e. The molecule has 102 valence electrons. The molecule has 0 fully saturated rings. The number of likely N-dealkylation sites (N-methyl/N-ethyl adjacent to an activating group) is 1. The van der Waals surface area contributed by atoms with E-state index in [0.29, 0.717) is 0 Å². The molecule has 1 N–H and O–H groups in total. The normalized spacial score (nSPS) is 12.6. The second kappa shape index (κ2) is 6.73. The molecule has 2 rings (SSSR count). The van der Waals surface area contributed by atoms with Crippen LogP contribution in [0.25, 0.3) is 0 Å². The summed E-state index contributed by atoms with van der Waals surface area (Å²) in [5.41, 5.74) is 1.20. The molecule has 1 aromatic heterocycles. The highest BCUT2D eigenvalue weighted by Crippen LogP contribution is 2.20. The van der Waals surface area contributed by atoms with Crippen LogP contribution < -0.4 is 5.32 Å². The van der Waals surface area contributed by atoms with Gasteiger partial charge in [-0.2, -0.15) is 0 Å². The minimum absolute atomic E-state index is 0.233. The number of hydrogen-bond donors (Lipinski definition) is 1. The van der Waals surface area contributed by atoms with Gasteiger partial charge in [0.1, 0.15) is 5.82 Å². The standard InChI is InChI=1S/C15H20ClN3/c1-3-8-19-9-7-18-15(19)11-14(17-2)12-5-4-6-13(16)10-12/h4-7,9-10,14,17H,3,8,11H2,1-2H3. The summed E-state index contributed by atoms with van der Waals surface area (Å²) in [6, 6.07) is 8.23. The molecule has 0 spiro atoms. The lowest BCUT2D eigenvalue weighted by Gasteiger charge is -2.17. The predicted molar refractivity (Wildman–Crippen MR) is 79.5 cm³/mol. The number of rotatable bonds is 6. The van der Waals surface area contributed by atoms with E-state index in [-0.39, 0.29) is 6.04 Å². The smallest absolute Gasteiger partial charge is 0.110 e. The van der Waals surface area contributed by atoms with Gasteiger partial charge in [-0.25, -0.2) is 4.98 Å². The van der Waals surface area contributed by atoms with Crippen molar-refractivity contribution in [2.24, 2.45) is 0 Å². The number of aromatic nitrogens is 2. The van der Waals surface area contributed by atoms with Crippen molar-refractivity contribution in [3.8, 4) is 0 Å². The quantitative estimate of drug-likeness (QED) is 0.876. The van der Waals surface area contributed by atoms with Gasteiger partial charge in [0, 0.05) is 36.4 Å². The highest BCUT2D eigenvalue weighted by atomic mass is 35.5. The van der Waals surface area contributed by atoms with Crippen molar-refractivity contribution < 1.29 is 0 Å². The van der Waals surface area contributed by atoms with Crippen molar-refractivity contribution in [1.82, 2.24) is 14.9 Å². The second-order valence-corrected chi connectivity index (χ2v) is 5.07. The molecule has 1 atom stereocenters. The first-order valence-corrected chi connectivity index (χ1v) is 7.05. The highest BCUT2D eigenvalue weighted by molar-refractivity contribution is 6.30. The number of aryl methyl sites for hydroxylation is 1. The molecule has 0 aliphatic carbocycles. The molecule has 0 aliphatic rings. The summed E-state index contributed by atoms with van der Waals surface area (Å²) in [6.07, 6.45) is 5.90. The highest BCUT2D eigenvalue weighted by Gasteiger charge is 2.13. The largest absolute Gasteiger partial charge is 0.335 e. The Morgan fingerprint density at radius 3 is 2.95 bits per heavy atom. The van der Waals surface area contributed by atoms with E-state index in [1.165, 1.54) is 5.56 Å². The Kier molecular flexibility index (Phi) is 5.00. The Balaban J connectivity index is 2.17. The average molecular weight is 278 g/mol. The van der Waals surface area contributed by atoms with Crippen LogP contribution in [-0.4, -0.2) is 16.6 Å². The summed E-state index contributed by atoms with van der Waals surface area (Å²) in [4.78, 5) is 4.46. The van der Waals surface area contributed by atoms with Crippen LogP contribution >= 0.6 is 11.6 Å². The van der Waals surface area contributed by atoms with Crippen molar-refractivity contribution in [1.29, 1.82) is 0 Å². The molecule has 1 aromatic carbocycles. The van der Waals surface area contributed by atoms with E-state index in [1.54, 1.807) is 0 Å². The lowest BCUT2D eigenvalue weighted by molar-refractivity contribution is 0.543. The summed E-state index contributed by atoms with van der Waals surface area (Å²) in [5.74, 6) is 1.11. The van der Waals surface area contributed by atoms with Crippen molar-refractivity contribution in [3.05, 3.63) is 53.1 Å². The Labute approximate surface area is 119 Å². The van der Waals surface area contributed by atoms with Gasteiger partial charge in [-0.05, 0) is 31.2 Å². The third kappa shape index (κ3) is 3.58. The van der Waals surface area contributed by atoms with Gasteiger partial charge in [-0.15, -0.1) is 0 Å². The molecule has 0 bridgehead atoms. The molecule has 3 nitrogen and oxygen atoms in total. The third-order valence-electron chi connectivity index (χ3n) is 3.25. The number of halogens is 1. The number of nitrogens with one attached hydrogen (secondary N) is 1. The Morgan fingerprint density at radius 2 is 2.26 bits per heavy atom. The van der Waals surface area contributed by atoms with Crippen LogP contribution in [0.15, 0.2) is 36.7 Å². The maximum absolute atomic E-state index is 6.06. The predicted octanol–water partition coefficient (Wildman–Crippen LogP) is 3.45. The van der Waals surface area contributed by atoms with Crippen molar-refractivity contribution in [2.45, 2.75) is 32.4 Å². The lowest BCUT2D eigenvalue weighted by Crippen LogP contribution is -2.20. The zero-order valence-corrected chi connectivity index (χ0v) is 12.2. The fourth-order valence-electron chi connectivity index (χ4n) is 2.27. The van der Waals surface area contributed by atoms with Crippen LogP contribution in [-0.2, 0) is 13.0 Å². The van der Waals surface area contributed by atoms with Crippen LogP contribution in [0.2, 0.25) is 5.02 Å². The Morgan fingerprint density at radius 1 is 1.42 bits per heavy atom. The number of hydrogen-bond acceptors (Lipinski definition) is 2. The molecule has 19 heavy (non-hydrogen) atoms. The van der Waals surface area contributed by atoms with Gasteiger partial charge < -0.3 is 9.88 Å². The summed E-state index contributed by atoms with van der Waals surface area (Å²) in [6.45, 7) is 3.19. The topological polar surface area (TPSA) is 29.9 Å². The van der Waals surface area contributed by atoms with Gasteiger partial charge in [0.25, 0.3) is 0 Å². The Bertz CT molecular complexity index is 522. The molecule has 0 amide bonds. The summed E-state index contributed by atoms with van der Waals surface area (Å²) >= 11 is 6.06. The summed E-state index contributed by atoms with van der Waals surface area (Å²) in [5, 5.41) is 4.11. The van der Waals surface area contributed by atoms with Crippen LogP contribution in [0.4, 0.5) is 0 Å². The fraction of sp³-hybridized carbons (Fsp3) is 0.400. The summed E-state index contributed by atoms with van der Waals surface area (Å²) < 4.78 is 2.22. The van der Waals surface area contributed by atoms with Crippen LogP contribution in [0.1, 0.15) is 30.8 Å². The minimum atomic E-state index is 0.233.